The highest BCUT2D eigenvalue weighted by atomic mass is 19.4. The number of halogens is 4. The number of aromatic nitrogens is 3. The molecule has 0 spiro atoms. The molecule has 3 heterocycles. The molecule has 1 saturated carbocycles. The number of likely N-dealkylation sites (tertiary alicyclic amines) is 1. The van der Waals surface area contributed by atoms with Gasteiger partial charge in [-0.05, 0) is 43.0 Å². The highest BCUT2D eigenvalue weighted by Gasteiger charge is 2.49. The summed E-state index contributed by atoms with van der Waals surface area (Å²) in [5.41, 5.74) is -0.672. The molecule has 1 aliphatic heterocycles. The van der Waals surface area contributed by atoms with Gasteiger partial charge in [-0.1, -0.05) is 6.07 Å². The smallest absolute Gasteiger partial charge is 0.417 e. The Morgan fingerprint density at radius 2 is 1.82 bits per heavy atom. The Hall–Kier alpha value is -3.56. The number of piperidine rings is 1. The van der Waals surface area contributed by atoms with Crippen molar-refractivity contribution in [2.24, 2.45) is 5.92 Å². The van der Waals surface area contributed by atoms with Crippen LogP contribution >= 0.6 is 0 Å². The lowest BCUT2D eigenvalue weighted by molar-refractivity contribution is -0.137. The summed E-state index contributed by atoms with van der Waals surface area (Å²) in [6.07, 6.45) is 0.139. The molecule has 2 fully saturated rings. The number of carbonyl (C=O) groups excluding carboxylic acids is 1. The minimum absolute atomic E-state index is 0.0350. The van der Waals surface area contributed by atoms with Crippen molar-refractivity contribution in [1.29, 1.82) is 0 Å². The summed E-state index contributed by atoms with van der Waals surface area (Å²) in [7, 11) is 0. The van der Waals surface area contributed by atoms with Crippen LogP contribution in [0.15, 0.2) is 55.0 Å². The average molecular weight is 458 g/mol. The van der Waals surface area contributed by atoms with Crippen molar-refractivity contribution in [2.45, 2.75) is 31.2 Å². The van der Waals surface area contributed by atoms with Crippen LogP contribution in [0.25, 0.3) is 11.4 Å². The predicted molar refractivity (Wildman–Crippen MR) is 109 cm³/mol. The van der Waals surface area contributed by atoms with Gasteiger partial charge in [-0.15, -0.1) is 0 Å². The molecule has 1 unspecified atom stereocenters. The van der Waals surface area contributed by atoms with Crippen LogP contribution in [-0.2, 0) is 6.18 Å². The summed E-state index contributed by atoms with van der Waals surface area (Å²) >= 11 is 0. The monoisotopic (exact) mass is 458 g/mol. The van der Waals surface area contributed by atoms with Crippen molar-refractivity contribution >= 4 is 5.91 Å². The average Bonchev–Trinajstić information content (AvgIpc) is 3.39. The van der Waals surface area contributed by atoms with Gasteiger partial charge in [0.05, 0.1) is 22.7 Å². The second kappa shape index (κ2) is 8.09. The fraction of sp³-hybridized carbons (Fsp3) is 0.304. The Balaban J connectivity index is 1.38. The highest BCUT2D eigenvalue weighted by Crippen LogP contribution is 2.41. The summed E-state index contributed by atoms with van der Waals surface area (Å²) in [5.74, 6) is -0.596. The number of hydrogen-bond acceptors (Lipinski definition) is 5. The first-order chi connectivity index (χ1) is 15.8. The van der Waals surface area contributed by atoms with Crippen molar-refractivity contribution in [3.63, 3.8) is 0 Å². The summed E-state index contributed by atoms with van der Waals surface area (Å²) in [6, 6.07) is 7.65. The molecule has 1 aliphatic carbocycles. The quantitative estimate of drug-likeness (QED) is 0.543. The maximum Gasteiger partial charge on any atom is 0.417 e. The summed E-state index contributed by atoms with van der Waals surface area (Å²) in [6.45, 7) is 0.495. The normalized spacial score (nSPS) is 21.9. The van der Waals surface area contributed by atoms with Gasteiger partial charge >= 0.3 is 6.18 Å². The van der Waals surface area contributed by atoms with E-state index in [9.17, 15) is 22.4 Å². The van der Waals surface area contributed by atoms with E-state index in [-0.39, 0.29) is 40.7 Å². The first-order valence-corrected chi connectivity index (χ1v) is 10.4. The van der Waals surface area contributed by atoms with Gasteiger partial charge in [-0.2, -0.15) is 13.2 Å². The molecule has 0 N–H and O–H groups in total. The number of rotatable bonds is 4. The highest BCUT2D eigenvalue weighted by molar-refractivity contribution is 6.00. The number of amides is 1. The minimum atomic E-state index is -4.48. The van der Waals surface area contributed by atoms with Gasteiger partial charge in [0.15, 0.2) is 5.82 Å². The molecule has 5 rings (SSSR count). The van der Waals surface area contributed by atoms with Gasteiger partial charge in [0.1, 0.15) is 11.9 Å². The topological polar surface area (TPSA) is 68.2 Å². The Morgan fingerprint density at radius 1 is 1.03 bits per heavy atom. The lowest BCUT2D eigenvalue weighted by atomic mass is 10.0. The van der Waals surface area contributed by atoms with Crippen LogP contribution < -0.4 is 4.74 Å². The number of pyridine rings is 1. The van der Waals surface area contributed by atoms with Gasteiger partial charge in [0.25, 0.3) is 5.91 Å². The number of carbonyl (C=O) groups is 1. The van der Waals surface area contributed by atoms with Crippen LogP contribution in [0, 0.1) is 11.7 Å². The van der Waals surface area contributed by atoms with E-state index in [4.69, 9.17) is 4.74 Å². The number of benzene rings is 1. The van der Waals surface area contributed by atoms with Crippen LogP contribution in [0.3, 0.4) is 0 Å². The fourth-order valence-corrected chi connectivity index (χ4v) is 4.61. The maximum atomic E-state index is 14.7. The Kier molecular flexibility index (Phi) is 5.22. The van der Waals surface area contributed by atoms with Crippen LogP contribution in [0.2, 0.25) is 0 Å². The third kappa shape index (κ3) is 4.01. The molecule has 2 bridgehead atoms. The first-order valence-electron chi connectivity index (χ1n) is 10.4. The first kappa shape index (κ1) is 21.3. The van der Waals surface area contributed by atoms with Gasteiger partial charge in [0, 0.05) is 31.2 Å². The molecule has 2 aliphatic rings. The van der Waals surface area contributed by atoms with E-state index in [0.29, 0.717) is 19.4 Å². The molecule has 10 heteroatoms. The predicted octanol–water partition coefficient (Wildman–Crippen LogP) is 4.38. The van der Waals surface area contributed by atoms with E-state index >= 15 is 0 Å². The van der Waals surface area contributed by atoms with E-state index in [1.807, 2.05) is 0 Å². The summed E-state index contributed by atoms with van der Waals surface area (Å²) in [5, 5.41) is 0. The third-order valence-electron chi connectivity index (χ3n) is 6.05. The summed E-state index contributed by atoms with van der Waals surface area (Å²) < 4.78 is 58.9. The molecule has 1 aromatic carbocycles. The van der Waals surface area contributed by atoms with Crippen molar-refractivity contribution in [3.8, 4) is 17.3 Å². The zero-order chi connectivity index (χ0) is 23.2. The fourth-order valence-electron chi connectivity index (χ4n) is 4.61. The van der Waals surface area contributed by atoms with E-state index < -0.39 is 23.7 Å². The van der Waals surface area contributed by atoms with Crippen LogP contribution in [0.5, 0.6) is 5.88 Å². The molecular formula is C23H18F4N4O2. The van der Waals surface area contributed by atoms with Crippen molar-refractivity contribution in [2.75, 3.05) is 6.54 Å². The minimum Gasteiger partial charge on any atom is -0.472 e. The van der Waals surface area contributed by atoms with Gasteiger partial charge in [-0.3, -0.25) is 4.79 Å². The lowest BCUT2D eigenvalue weighted by Gasteiger charge is -2.33. The van der Waals surface area contributed by atoms with Crippen molar-refractivity contribution in [3.05, 3.63) is 71.9 Å². The van der Waals surface area contributed by atoms with E-state index in [1.165, 1.54) is 36.7 Å². The Morgan fingerprint density at radius 3 is 2.48 bits per heavy atom. The number of nitrogens with zero attached hydrogens (tertiary/aromatic N) is 4. The van der Waals surface area contributed by atoms with Crippen LogP contribution in [-0.4, -0.2) is 44.4 Å². The Labute approximate surface area is 186 Å². The second-order valence-corrected chi connectivity index (χ2v) is 8.14. The molecule has 0 radical (unpaired) electrons. The Bertz CT molecular complexity index is 1170. The zero-order valence-corrected chi connectivity index (χ0v) is 17.2. The summed E-state index contributed by atoms with van der Waals surface area (Å²) in [4.78, 5) is 27.0. The molecule has 1 saturated heterocycles. The second-order valence-electron chi connectivity index (χ2n) is 8.14. The molecule has 1 amide bonds. The van der Waals surface area contributed by atoms with E-state index in [2.05, 4.69) is 15.0 Å². The van der Waals surface area contributed by atoms with Crippen LogP contribution in [0.4, 0.5) is 17.6 Å². The molecule has 3 aromatic rings. The lowest BCUT2D eigenvalue weighted by Crippen LogP contribution is -2.47. The number of alkyl halides is 3. The van der Waals surface area contributed by atoms with E-state index in [1.54, 1.807) is 11.0 Å². The molecule has 33 heavy (non-hydrogen) atoms. The van der Waals surface area contributed by atoms with E-state index in [0.717, 1.165) is 12.3 Å². The van der Waals surface area contributed by atoms with Crippen LogP contribution in [0.1, 0.15) is 28.8 Å². The number of hydrogen-bond donors (Lipinski definition) is 0. The van der Waals surface area contributed by atoms with Crippen molar-refractivity contribution < 1.29 is 27.1 Å². The molecule has 3 atom stereocenters. The van der Waals surface area contributed by atoms with Gasteiger partial charge in [-0.25, -0.2) is 19.3 Å². The largest absolute Gasteiger partial charge is 0.472 e. The maximum absolute atomic E-state index is 14.7. The molecule has 2 aromatic heterocycles. The number of ether oxygens (including phenoxy) is 1. The molecule has 170 valence electrons. The van der Waals surface area contributed by atoms with Crippen molar-refractivity contribution in [1.82, 2.24) is 19.9 Å². The number of fused-ring (bicyclic) bond motifs is 2. The molecule has 6 nitrogen and oxygen atoms in total. The zero-order valence-electron chi connectivity index (χ0n) is 17.2. The standard InChI is InChI=1S/C23H18F4N4O2/c24-16-4-1-3-15(20(16)21-28-7-2-8-29-21)22(32)31-12-13-9-17(31)18(10-13)33-19-6-5-14(11-30-19)23(25,26)27/h1-8,11,13,17-18H,9-10,12H2/t13?,17-,18+/m0/s1. The van der Waals surface area contributed by atoms with Gasteiger partial charge < -0.3 is 9.64 Å². The molecular weight excluding hydrogens is 440 g/mol. The SMILES string of the molecule is O=C(c1cccc(F)c1-c1ncccn1)N1CC2C[C@@H](Oc3ccc(C(F)(F)F)cn3)[C@@H]1C2. The third-order valence-corrected chi connectivity index (χ3v) is 6.05. The van der Waals surface area contributed by atoms with Gasteiger partial charge in [0.2, 0.25) is 5.88 Å².